The maximum absolute atomic E-state index is 11.0. The molecule has 0 radical (unpaired) electrons. The van der Waals surface area contributed by atoms with Crippen LogP contribution in [0.5, 0.6) is 0 Å². The number of hydrogen-bond donors (Lipinski definition) is 3. The molecule has 6 nitrogen and oxygen atoms in total. The highest BCUT2D eigenvalue weighted by Crippen LogP contribution is 2.17. The summed E-state index contributed by atoms with van der Waals surface area (Å²) in [5, 5.41) is 11.9. The number of carbonyl (C=O) groups excluding carboxylic acids is 1. The number of rotatable bonds is 6. The lowest BCUT2D eigenvalue weighted by Gasteiger charge is -2.17. The van der Waals surface area contributed by atoms with E-state index in [1.807, 2.05) is 18.2 Å². The fourth-order valence-electron chi connectivity index (χ4n) is 2.94. The standard InChI is InChI=1S/C19H22N4O2.2ClH/c24-19(22-25)9-7-15-6-8-18(20-12-15)21-17-10-11-23(14-17)13-16-4-2-1-3-5-16;;/h1-9,12,17,25H,10-11,13-14H2,(H,20,21)(H,22,24);2*1H/b9-7+;;. The van der Waals surface area contributed by atoms with Gasteiger partial charge >= 0.3 is 0 Å². The van der Waals surface area contributed by atoms with E-state index in [0.717, 1.165) is 37.4 Å². The largest absolute Gasteiger partial charge is 0.366 e. The fourth-order valence-corrected chi connectivity index (χ4v) is 2.94. The van der Waals surface area contributed by atoms with Crippen molar-refractivity contribution in [3.05, 3.63) is 65.9 Å². The quantitative estimate of drug-likeness (QED) is 0.387. The Bertz CT molecular complexity index is 726. The molecule has 1 aliphatic heterocycles. The van der Waals surface area contributed by atoms with Crippen LogP contribution in [-0.2, 0) is 11.3 Å². The van der Waals surface area contributed by atoms with E-state index >= 15 is 0 Å². The Labute approximate surface area is 171 Å². The normalized spacial score (nSPS) is 16.4. The third-order valence-corrected chi connectivity index (χ3v) is 4.20. The number of likely N-dealkylation sites (tertiary alicyclic amines) is 1. The zero-order valence-electron chi connectivity index (χ0n) is 14.7. The molecule has 1 amide bonds. The molecule has 1 aromatic carbocycles. The van der Waals surface area contributed by atoms with E-state index in [1.165, 1.54) is 11.6 Å². The third kappa shape index (κ3) is 7.19. The number of benzene rings is 1. The van der Waals surface area contributed by atoms with Crippen molar-refractivity contribution >= 4 is 42.6 Å². The molecule has 1 aromatic heterocycles. The second-order valence-electron chi connectivity index (χ2n) is 6.14. The summed E-state index contributed by atoms with van der Waals surface area (Å²) >= 11 is 0. The molecule has 2 aromatic rings. The topological polar surface area (TPSA) is 77.5 Å². The van der Waals surface area contributed by atoms with Crippen molar-refractivity contribution in [1.82, 2.24) is 15.4 Å². The first-order valence-electron chi connectivity index (χ1n) is 8.34. The van der Waals surface area contributed by atoms with E-state index in [0.29, 0.717) is 6.04 Å². The van der Waals surface area contributed by atoms with Crippen LogP contribution >= 0.6 is 24.8 Å². The Hall–Kier alpha value is -2.12. The molecule has 27 heavy (non-hydrogen) atoms. The van der Waals surface area contributed by atoms with Crippen molar-refractivity contribution in [2.45, 2.75) is 19.0 Å². The molecule has 3 N–H and O–H groups in total. The number of hydrogen-bond acceptors (Lipinski definition) is 5. The average Bonchev–Trinajstić information content (AvgIpc) is 3.08. The molecule has 1 saturated heterocycles. The summed E-state index contributed by atoms with van der Waals surface area (Å²) in [6.07, 6.45) is 5.63. The van der Waals surface area contributed by atoms with Crippen LogP contribution in [0.3, 0.4) is 0 Å². The summed E-state index contributed by atoms with van der Waals surface area (Å²) in [6.45, 7) is 3.04. The van der Waals surface area contributed by atoms with Gasteiger partial charge in [-0.05, 0) is 35.8 Å². The van der Waals surface area contributed by atoms with Crippen molar-refractivity contribution in [2.24, 2.45) is 0 Å². The van der Waals surface area contributed by atoms with Crippen LogP contribution in [0.15, 0.2) is 54.7 Å². The van der Waals surface area contributed by atoms with E-state index < -0.39 is 5.91 Å². The molecule has 1 aliphatic rings. The monoisotopic (exact) mass is 410 g/mol. The minimum atomic E-state index is -0.563. The van der Waals surface area contributed by atoms with Gasteiger partial charge in [-0.2, -0.15) is 0 Å². The van der Waals surface area contributed by atoms with Gasteiger partial charge in [-0.25, -0.2) is 10.5 Å². The highest BCUT2D eigenvalue weighted by Gasteiger charge is 2.22. The summed E-state index contributed by atoms with van der Waals surface area (Å²) in [7, 11) is 0. The fraction of sp³-hybridized carbons (Fsp3) is 0.263. The lowest BCUT2D eigenvalue weighted by atomic mass is 10.2. The molecule has 0 spiro atoms. The minimum absolute atomic E-state index is 0. The van der Waals surface area contributed by atoms with E-state index in [1.54, 1.807) is 17.8 Å². The first kappa shape index (κ1) is 22.9. The highest BCUT2D eigenvalue weighted by molar-refractivity contribution is 5.90. The van der Waals surface area contributed by atoms with Gasteiger partial charge in [0.15, 0.2) is 0 Å². The molecular weight excluding hydrogens is 387 g/mol. The zero-order chi connectivity index (χ0) is 17.5. The molecule has 0 bridgehead atoms. The Kier molecular flexibility index (Phi) is 9.82. The summed E-state index contributed by atoms with van der Waals surface area (Å²) in [4.78, 5) is 17.8. The van der Waals surface area contributed by atoms with Crippen LogP contribution in [-0.4, -0.2) is 40.1 Å². The van der Waals surface area contributed by atoms with Crippen LogP contribution in [0.1, 0.15) is 17.5 Å². The van der Waals surface area contributed by atoms with Crippen LogP contribution < -0.4 is 10.8 Å². The molecule has 1 fully saturated rings. The van der Waals surface area contributed by atoms with Crippen molar-refractivity contribution in [3.8, 4) is 0 Å². The van der Waals surface area contributed by atoms with Crippen molar-refractivity contribution in [1.29, 1.82) is 0 Å². The van der Waals surface area contributed by atoms with Gasteiger partial charge in [0.05, 0.1) is 0 Å². The van der Waals surface area contributed by atoms with Crippen molar-refractivity contribution in [3.63, 3.8) is 0 Å². The predicted molar refractivity (Wildman–Crippen MR) is 111 cm³/mol. The molecule has 1 atom stereocenters. The first-order chi connectivity index (χ1) is 12.2. The molecule has 8 heteroatoms. The molecule has 0 aliphatic carbocycles. The molecule has 3 rings (SSSR count). The Morgan fingerprint density at radius 1 is 1.22 bits per heavy atom. The van der Waals surface area contributed by atoms with E-state index in [4.69, 9.17) is 5.21 Å². The van der Waals surface area contributed by atoms with Gasteiger partial charge in [0.25, 0.3) is 5.91 Å². The van der Waals surface area contributed by atoms with Gasteiger partial charge in [-0.15, -0.1) is 24.8 Å². The number of anilines is 1. The predicted octanol–water partition coefficient (Wildman–Crippen LogP) is 3.13. The second kappa shape index (κ2) is 11.6. The summed E-state index contributed by atoms with van der Waals surface area (Å²) in [6, 6.07) is 14.7. The number of carbonyl (C=O) groups is 1. The second-order valence-corrected chi connectivity index (χ2v) is 6.14. The number of hydroxylamine groups is 1. The Morgan fingerprint density at radius 2 is 2.00 bits per heavy atom. The van der Waals surface area contributed by atoms with E-state index in [2.05, 4.69) is 39.5 Å². The number of aromatic nitrogens is 1. The van der Waals surface area contributed by atoms with Crippen molar-refractivity contribution in [2.75, 3.05) is 18.4 Å². The molecule has 146 valence electrons. The molecule has 2 heterocycles. The lowest BCUT2D eigenvalue weighted by molar-refractivity contribution is -0.124. The SMILES string of the molecule is Cl.Cl.O=C(/C=C/c1ccc(NC2CCN(Cc3ccccc3)C2)nc1)NO. The number of pyridine rings is 1. The van der Waals surface area contributed by atoms with Crippen LogP contribution in [0.25, 0.3) is 6.08 Å². The third-order valence-electron chi connectivity index (χ3n) is 4.20. The van der Waals surface area contributed by atoms with Gasteiger partial charge in [-0.1, -0.05) is 30.3 Å². The summed E-state index contributed by atoms with van der Waals surface area (Å²) in [5.74, 6) is 0.266. The average molecular weight is 411 g/mol. The van der Waals surface area contributed by atoms with Crippen LogP contribution in [0, 0.1) is 0 Å². The van der Waals surface area contributed by atoms with E-state index in [-0.39, 0.29) is 24.8 Å². The minimum Gasteiger partial charge on any atom is -0.366 e. The van der Waals surface area contributed by atoms with Gasteiger partial charge < -0.3 is 5.32 Å². The molecule has 0 saturated carbocycles. The Morgan fingerprint density at radius 3 is 2.67 bits per heavy atom. The molecule has 1 unspecified atom stereocenters. The van der Waals surface area contributed by atoms with E-state index in [9.17, 15) is 4.79 Å². The lowest BCUT2D eigenvalue weighted by Crippen LogP contribution is -2.26. The zero-order valence-corrected chi connectivity index (χ0v) is 16.4. The summed E-state index contributed by atoms with van der Waals surface area (Å²) in [5.41, 5.74) is 3.69. The van der Waals surface area contributed by atoms with Crippen LogP contribution in [0.4, 0.5) is 5.82 Å². The number of nitrogens with zero attached hydrogens (tertiary/aromatic N) is 2. The van der Waals surface area contributed by atoms with Crippen molar-refractivity contribution < 1.29 is 10.0 Å². The highest BCUT2D eigenvalue weighted by atomic mass is 35.5. The maximum atomic E-state index is 11.0. The van der Waals surface area contributed by atoms with Gasteiger partial charge in [0, 0.05) is 37.9 Å². The van der Waals surface area contributed by atoms with Gasteiger partial charge in [0.1, 0.15) is 5.82 Å². The maximum Gasteiger partial charge on any atom is 0.267 e. The smallest absolute Gasteiger partial charge is 0.267 e. The van der Waals surface area contributed by atoms with Crippen LogP contribution in [0.2, 0.25) is 0 Å². The van der Waals surface area contributed by atoms with Gasteiger partial charge in [-0.3, -0.25) is 14.9 Å². The number of amides is 1. The molecular formula is C19H24Cl2N4O2. The number of nitrogens with one attached hydrogen (secondary N) is 2. The number of halogens is 2. The van der Waals surface area contributed by atoms with Gasteiger partial charge in [0.2, 0.25) is 0 Å². The Balaban J connectivity index is 0.00000182. The summed E-state index contributed by atoms with van der Waals surface area (Å²) < 4.78 is 0. The first-order valence-corrected chi connectivity index (χ1v) is 8.34.